The molecule has 4 nitrogen and oxygen atoms in total. The van der Waals surface area contributed by atoms with Gasteiger partial charge >= 0.3 is 0 Å². The van der Waals surface area contributed by atoms with Crippen molar-refractivity contribution in [3.05, 3.63) is 29.8 Å². The average Bonchev–Trinajstić information content (AvgIpc) is 2.46. The predicted octanol–water partition coefficient (Wildman–Crippen LogP) is 2.65. The van der Waals surface area contributed by atoms with Crippen LogP contribution in [-0.4, -0.2) is 26.2 Å². The first kappa shape index (κ1) is 16.8. The minimum Gasteiger partial charge on any atom is -0.494 e. The van der Waals surface area contributed by atoms with Gasteiger partial charge in [0.05, 0.1) is 6.61 Å². The average molecular weight is 288 g/mol. The smallest absolute Gasteiger partial charge is 0.261 e. The molecule has 1 atom stereocenters. The van der Waals surface area contributed by atoms with E-state index in [2.05, 4.69) is 5.43 Å². The van der Waals surface area contributed by atoms with Gasteiger partial charge in [0.2, 0.25) is 0 Å². The number of halogens is 2. The Morgan fingerprint density at radius 1 is 1.20 bits per heavy atom. The van der Waals surface area contributed by atoms with Gasteiger partial charge in [-0.25, -0.2) is 8.78 Å². The third-order valence-corrected chi connectivity index (χ3v) is 2.75. The minimum atomic E-state index is -2.44. The second kappa shape index (κ2) is 9.63. The second-order valence-corrected chi connectivity index (χ2v) is 4.39. The van der Waals surface area contributed by atoms with Gasteiger partial charge in [0, 0.05) is 12.6 Å². The standard InChI is InChI=1S/C14H22F2N2O2/c1-2-8-20-12-5-3-11(4-6-12)13(18-17)7-9-19-10-14(15)16/h3-6,13-14,18H,2,7-10,17H2,1H3. The summed E-state index contributed by atoms with van der Waals surface area (Å²) in [4.78, 5) is 0. The van der Waals surface area contributed by atoms with Gasteiger partial charge in [-0.05, 0) is 30.5 Å². The van der Waals surface area contributed by atoms with Crippen molar-refractivity contribution in [3.63, 3.8) is 0 Å². The Morgan fingerprint density at radius 2 is 1.90 bits per heavy atom. The maximum absolute atomic E-state index is 11.9. The van der Waals surface area contributed by atoms with Crippen molar-refractivity contribution in [2.45, 2.75) is 32.2 Å². The highest BCUT2D eigenvalue weighted by Crippen LogP contribution is 2.20. The van der Waals surface area contributed by atoms with E-state index in [-0.39, 0.29) is 12.6 Å². The molecule has 1 rings (SSSR count). The van der Waals surface area contributed by atoms with Gasteiger partial charge < -0.3 is 9.47 Å². The Labute approximate surface area is 118 Å². The van der Waals surface area contributed by atoms with Crippen molar-refractivity contribution in [1.82, 2.24) is 5.43 Å². The molecule has 1 aromatic rings. The first-order valence-corrected chi connectivity index (χ1v) is 6.72. The van der Waals surface area contributed by atoms with Gasteiger partial charge in [0.15, 0.2) is 0 Å². The van der Waals surface area contributed by atoms with E-state index in [0.29, 0.717) is 13.0 Å². The lowest BCUT2D eigenvalue weighted by atomic mass is 10.0. The second-order valence-electron chi connectivity index (χ2n) is 4.39. The molecule has 0 spiro atoms. The molecule has 3 N–H and O–H groups in total. The lowest BCUT2D eigenvalue weighted by molar-refractivity contribution is 0.0143. The van der Waals surface area contributed by atoms with Crippen LogP contribution in [0.4, 0.5) is 8.78 Å². The Hall–Kier alpha value is -1.24. The van der Waals surface area contributed by atoms with Crippen molar-refractivity contribution >= 4 is 0 Å². The summed E-state index contributed by atoms with van der Waals surface area (Å²) in [6.45, 7) is 2.41. The van der Waals surface area contributed by atoms with Gasteiger partial charge in [-0.3, -0.25) is 11.3 Å². The number of hydrogen-bond donors (Lipinski definition) is 2. The molecule has 0 aliphatic rings. The molecule has 0 radical (unpaired) electrons. The summed E-state index contributed by atoms with van der Waals surface area (Å²) in [6, 6.07) is 7.42. The Balaban J connectivity index is 2.43. The van der Waals surface area contributed by atoms with Crippen LogP contribution in [0.2, 0.25) is 0 Å². The third kappa shape index (κ3) is 6.27. The summed E-state index contributed by atoms with van der Waals surface area (Å²) < 4.78 is 34.2. The normalized spacial score (nSPS) is 12.7. The van der Waals surface area contributed by atoms with Crippen LogP contribution in [0.1, 0.15) is 31.4 Å². The topological polar surface area (TPSA) is 56.5 Å². The molecule has 0 bridgehead atoms. The maximum Gasteiger partial charge on any atom is 0.261 e. The molecule has 0 aliphatic heterocycles. The lowest BCUT2D eigenvalue weighted by Gasteiger charge is -2.17. The molecule has 0 fully saturated rings. The molecule has 0 aliphatic carbocycles. The molecule has 0 aromatic heterocycles. The molecular weight excluding hydrogens is 266 g/mol. The van der Waals surface area contributed by atoms with E-state index in [9.17, 15) is 8.78 Å². The van der Waals surface area contributed by atoms with Crippen LogP contribution in [-0.2, 0) is 4.74 Å². The van der Waals surface area contributed by atoms with Crippen molar-refractivity contribution < 1.29 is 18.3 Å². The van der Waals surface area contributed by atoms with Gasteiger partial charge in [-0.15, -0.1) is 0 Å². The van der Waals surface area contributed by atoms with Crippen LogP contribution >= 0.6 is 0 Å². The van der Waals surface area contributed by atoms with Crippen LogP contribution in [0.25, 0.3) is 0 Å². The highest BCUT2D eigenvalue weighted by Gasteiger charge is 2.10. The first-order chi connectivity index (χ1) is 9.67. The fourth-order valence-electron chi connectivity index (χ4n) is 1.74. The van der Waals surface area contributed by atoms with Crippen LogP contribution in [0, 0.1) is 0 Å². The van der Waals surface area contributed by atoms with Crippen LogP contribution < -0.4 is 16.0 Å². The highest BCUT2D eigenvalue weighted by molar-refractivity contribution is 5.29. The summed E-state index contributed by atoms with van der Waals surface area (Å²) in [5.74, 6) is 6.29. The summed E-state index contributed by atoms with van der Waals surface area (Å²) in [5.41, 5.74) is 3.63. The van der Waals surface area contributed by atoms with E-state index in [1.807, 2.05) is 31.2 Å². The van der Waals surface area contributed by atoms with E-state index >= 15 is 0 Å². The zero-order valence-electron chi connectivity index (χ0n) is 11.6. The molecule has 1 aromatic carbocycles. The number of hydrazine groups is 1. The number of alkyl halides is 2. The Bertz CT molecular complexity index is 361. The molecule has 1 unspecified atom stereocenters. The van der Waals surface area contributed by atoms with Crippen LogP contribution in [0.3, 0.4) is 0 Å². The van der Waals surface area contributed by atoms with Crippen LogP contribution in [0.15, 0.2) is 24.3 Å². The summed E-state index contributed by atoms with van der Waals surface area (Å²) >= 11 is 0. The lowest BCUT2D eigenvalue weighted by Crippen LogP contribution is -2.29. The summed E-state index contributed by atoms with van der Waals surface area (Å²) in [5, 5.41) is 0. The van der Waals surface area contributed by atoms with Gasteiger partial charge in [0.1, 0.15) is 12.4 Å². The Morgan fingerprint density at radius 3 is 2.45 bits per heavy atom. The van der Waals surface area contributed by atoms with Crippen molar-refractivity contribution in [2.24, 2.45) is 5.84 Å². The first-order valence-electron chi connectivity index (χ1n) is 6.72. The molecule has 0 saturated heterocycles. The molecule has 0 saturated carbocycles. The fourth-order valence-corrected chi connectivity index (χ4v) is 1.74. The summed E-state index contributed by atoms with van der Waals surface area (Å²) in [7, 11) is 0. The van der Waals surface area contributed by atoms with Gasteiger partial charge in [-0.2, -0.15) is 0 Å². The predicted molar refractivity (Wildman–Crippen MR) is 73.7 cm³/mol. The number of benzene rings is 1. The molecule has 114 valence electrons. The summed E-state index contributed by atoms with van der Waals surface area (Å²) in [6.07, 6.45) is -0.955. The van der Waals surface area contributed by atoms with Gasteiger partial charge in [0.25, 0.3) is 6.43 Å². The number of hydrogen-bond acceptors (Lipinski definition) is 4. The largest absolute Gasteiger partial charge is 0.494 e. The number of nitrogens with two attached hydrogens (primary N) is 1. The Kier molecular flexibility index (Phi) is 8.10. The van der Waals surface area contributed by atoms with Crippen molar-refractivity contribution in [1.29, 1.82) is 0 Å². The SMILES string of the molecule is CCCOc1ccc(C(CCOCC(F)F)NN)cc1. The number of nitrogens with one attached hydrogen (secondary N) is 1. The molecule has 6 heteroatoms. The van der Waals surface area contributed by atoms with E-state index in [1.54, 1.807) is 0 Å². The quantitative estimate of drug-likeness (QED) is 0.395. The fraction of sp³-hybridized carbons (Fsp3) is 0.571. The molecule has 20 heavy (non-hydrogen) atoms. The third-order valence-electron chi connectivity index (χ3n) is 2.75. The number of rotatable bonds is 10. The van der Waals surface area contributed by atoms with Crippen molar-refractivity contribution in [2.75, 3.05) is 19.8 Å². The van der Waals surface area contributed by atoms with E-state index in [0.717, 1.165) is 17.7 Å². The maximum atomic E-state index is 11.9. The van der Waals surface area contributed by atoms with Crippen LogP contribution in [0.5, 0.6) is 5.75 Å². The van der Waals surface area contributed by atoms with E-state index in [1.165, 1.54) is 0 Å². The van der Waals surface area contributed by atoms with Gasteiger partial charge in [-0.1, -0.05) is 19.1 Å². The zero-order valence-corrected chi connectivity index (χ0v) is 11.6. The molecule has 0 heterocycles. The minimum absolute atomic E-state index is 0.132. The molecular formula is C14H22F2N2O2. The zero-order chi connectivity index (χ0) is 14.8. The molecule has 0 amide bonds. The number of ether oxygens (including phenoxy) is 2. The van der Waals surface area contributed by atoms with E-state index in [4.69, 9.17) is 15.3 Å². The highest BCUT2D eigenvalue weighted by atomic mass is 19.3. The monoisotopic (exact) mass is 288 g/mol. The van der Waals surface area contributed by atoms with Crippen molar-refractivity contribution in [3.8, 4) is 5.75 Å². The van der Waals surface area contributed by atoms with E-state index < -0.39 is 13.0 Å².